The summed E-state index contributed by atoms with van der Waals surface area (Å²) in [5, 5.41) is 4.92. The van der Waals surface area contributed by atoms with Crippen LogP contribution in [0.3, 0.4) is 0 Å². The number of fused-ring (bicyclic) bond motifs is 1. The van der Waals surface area contributed by atoms with E-state index in [0.717, 1.165) is 43.1 Å². The van der Waals surface area contributed by atoms with E-state index < -0.39 is 0 Å². The molecule has 6 heteroatoms. The number of aryl methyl sites for hydroxylation is 1. The van der Waals surface area contributed by atoms with Gasteiger partial charge in [0.05, 0.1) is 33.5 Å². The highest BCUT2D eigenvalue weighted by Gasteiger charge is 2.44. The van der Waals surface area contributed by atoms with Gasteiger partial charge in [0, 0.05) is 20.1 Å². The molecule has 0 aromatic heterocycles. The van der Waals surface area contributed by atoms with Crippen molar-refractivity contribution < 1.29 is 0 Å². The molecule has 0 saturated carbocycles. The summed E-state index contributed by atoms with van der Waals surface area (Å²) in [5.74, 6) is 1.08. The third kappa shape index (κ3) is 3.61. The Hall–Kier alpha value is -1.75. The second-order valence-electron chi connectivity index (χ2n) is 7.98. The van der Waals surface area contributed by atoms with E-state index in [1.807, 2.05) is 12.1 Å². The van der Waals surface area contributed by atoms with Gasteiger partial charge in [0.15, 0.2) is 0 Å². The van der Waals surface area contributed by atoms with Crippen LogP contribution in [0.2, 0.25) is 10.0 Å². The maximum atomic E-state index is 6.31. The van der Waals surface area contributed by atoms with Crippen LogP contribution in [0.4, 0.5) is 11.4 Å². The van der Waals surface area contributed by atoms with Crippen molar-refractivity contribution in [2.45, 2.75) is 31.8 Å². The Bertz CT molecular complexity index is 917. The third-order valence-electron chi connectivity index (χ3n) is 5.85. The Morgan fingerprint density at radius 2 is 1.79 bits per heavy atom. The zero-order valence-electron chi connectivity index (χ0n) is 16.6. The van der Waals surface area contributed by atoms with E-state index >= 15 is 0 Å². The number of benzene rings is 2. The molecule has 1 fully saturated rings. The molecule has 0 atom stereocenters. The molecular weight excluding hydrogens is 391 g/mol. The zero-order chi connectivity index (χ0) is 19.9. The number of rotatable bonds is 2. The topological polar surface area (TPSA) is 30.9 Å². The minimum Gasteiger partial charge on any atom is -0.371 e. The molecule has 0 aliphatic carbocycles. The molecule has 1 spiro atoms. The van der Waals surface area contributed by atoms with Crippen LogP contribution in [0.15, 0.2) is 41.4 Å². The lowest BCUT2D eigenvalue weighted by Crippen LogP contribution is -2.60. The maximum Gasteiger partial charge on any atom is 0.130 e. The number of hydrogen-bond donors (Lipinski definition) is 1. The molecule has 2 aliphatic rings. The molecule has 2 aromatic carbocycles. The lowest BCUT2D eigenvalue weighted by molar-refractivity contribution is 0.239. The number of likely N-dealkylation sites (N-methyl/N-ethyl adjacent to an activating group) is 1. The molecule has 2 aliphatic heterocycles. The molecule has 0 amide bonds. The van der Waals surface area contributed by atoms with Gasteiger partial charge < -0.3 is 15.1 Å². The number of amidine groups is 1. The van der Waals surface area contributed by atoms with Gasteiger partial charge in [-0.05, 0) is 44.5 Å². The monoisotopic (exact) mass is 416 g/mol. The molecular formula is C22H26Cl2N4. The first-order chi connectivity index (χ1) is 13.4. The lowest BCUT2D eigenvalue weighted by Gasteiger charge is -2.49. The predicted molar refractivity (Wildman–Crippen MR) is 120 cm³/mol. The maximum absolute atomic E-state index is 6.31. The number of halogens is 2. The molecule has 4 nitrogen and oxygen atoms in total. The zero-order valence-corrected chi connectivity index (χ0v) is 18.1. The standard InChI is InChI=1S/C22H26Cl2N4/c1-15-5-4-6-16(11-15)14-25-21-22(7-9-27(2)10-8-22)26-19-12-17(23)18(24)13-20(19)28(21)3/h4-6,11-13,26H,7-10,14H2,1-3H3. The Labute approximate surface area is 177 Å². The summed E-state index contributed by atoms with van der Waals surface area (Å²) < 4.78 is 0. The van der Waals surface area contributed by atoms with Crippen LogP contribution in [0, 0.1) is 6.92 Å². The predicted octanol–water partition coefficient (Wildman–Crippen LogP) is 5.23. The number of piperidine rings is 1. The van der Waals surface area contributed by atoms with Gasteiger partial charge in [-0.3, -0.25) is 4.99 Å². The van der Waals surface area contributed by atoms with Crippen molar-refractivity contribution in [2.24, 2.45) is 4.99 Å². The van der Waals surface area contributed by atoms with Crippen molar-refractivity contribution in [3.8, 4) is 0 Å². The van der Waals surface area contributed by atoms with E-state index in [4.69, 9.17) is 28.2 Å². The van der Waals surface area contributed by atoms with Gasteiger partial charge in [-0.1, -0.05) is 53.0 Å². The van der Waals surface area contributed by atoms with Crippen LogP contribution in [-0.4, -0.2) is 43.5 Å². The van der Waals surface area contributed by atoms with Gasteiger partial charge in [-0.15, -0.1) is 0 Å². The van der Waals surface area contributed by atoms with Gasteiger partial charge in [0.2, 0.25) is 0 Å². The first kappa shape index (κ1) is 19.6. The Morgan fingerprint density at radius 1 is 1.07 bits per heavy atom. The van der Waals surface area contributed by atoms with E-state index in [2.05, 4.69) is 60.4 Å². The van der Waals surface area contributed by atoms with E-state index in [-0.39, 0.29) is 5.54 Å². The summed E-state index contributed by atoms with van der Waals surface area (Å²) in [5.41, 5.74) is 4.34. The minimum atomic E-state index is -0.185. The quantitative estimate of drug-likeness (QED) is 0.726. The Balaban J connectivity index is 1.75. The highest BCUT2D eigenvalue weighted by molar-refractivity contribution is 6.42. The molecule has 2 aromatic rings. The minimum absolute atomic E-state index is 0.185. The summed E-state index contributed by atoms with van der Waals surface area (Å²) in [6.07, 6.45) is 2.00. The lowest BCUT2D eigenvalue weighted by atomic mass is 9.83. The molecule has 4 rings (SSSR count). The van der Waals surface area contributed by atoms with Gasteiger partial charge in [-0.2, -0.15) is 0 Å². The number of likely N-dealkylation sites (tertiary alicyclic amines) is 1. The van der Waals surface area contributed by atoms with E-state index in [1.54, 1.807) is 0 Å². The summed E-state index contributed by atoms with van der Waals surface area (Å²) in [6.45, 7) is 4.84. The molecule has 0 radical (unpaired) electrons. The van der Waals surface area contributed by atoms with Crippen molar-refractivity contribution in [3.63, 3.8) is 0 Å². The Morgan fingerprint density at radius 3 is 2.50 bits per heavy atom. The van der Waals surface area contributed by atoms with Crippen molar-refractivity contribution in [2.75, 3.05) is 37.4 Å². The molecule has 28 heavy (non-hydrogen) atoms. The summed E-state index contributed by atoms with van der Waals surface area (Å²) in [4.78, 5) is 9.67. The fourth-order valence-corrected chi connectivity index (χ4v) is 4.57. The molecule has 1 N–H and O–H groups in total. The molecule has 0 unspecified atom stereocenters. The van der Waals surface area contributed by atoms with E-state index in [9.17, 15) is 0 Å². The summed E-state index contributed by atoms with van der Waals surface area (Å²) in [7, 11) is 4.26. The van der Waals surface area contributed by atoms with Crippen LogP contribution in [0.25, 0.3) is 0 Å². The fraction of sp³-hybridized carbons (Fsp3) is 0.409. The summed E-state index contributed by atoms with van der Waals surface area (Å²) >= 11 is 12.6. The van der Waals surface area contributed by atoms with Crippen LogP contribution in [-0.2, 0) is 6.54 Å². The second kappa shape index (κ2) is 7.58. The van der Waals surface area contributed by atoms with Crippen molar-refractivity contribution in [1.29, 1.82) is 0 Å². The van der Waals surface area contributed by atoms with Gasteiger partial charge in [-0.25, -0.2) is 0 Å². The summed E-state index contributed by atoms with van der Waals surface area (Å²) in [6, 6.07) is 12.4. The van der Waals surface area contributed by atoms with E-state index in [0.29, 0.717) is 16.6 Å². The number of aliphatic imine (C=N–C) groups is 1. The van der Waals surface area contributed by atoms with Crippen LogP contribution >= 0.6 is 23.2 Å². The average molecular weight is 417 g/mol. The largest absolute Gasteiger partial charge is 0.371 e. The molecule has 148 valence electrons. The van der Waals surface area contributed by atoms with Gasteiger partial charge in [0.1, 0.15) is 5.84 Å². The fourth-order valence-electron chi connectivity index (χ4n) is 4.25. The van der Waals surface area contributed by atoms with Crippen molar-refractivity contribution in [1.82, 2.24) is 4.90 Å². The highest BCUT2D eigenvalue weighted by atomic mass is 35.5. The van der Waals surface area contributed by atoms with Crippen LogP contribution in [0.1, 0.15) is 24.0 Å². The number of nitrogens with zero attached hydrogens (tertiary/aromatic N) is 3. The second-order valence-corrected chi connectivity index (χ2v) is 8.80. The van der Waals surface area contributed by atoms with Crippen LogP contribution in [0.5, 0.6) is 0 Å². The molecule has 0 bridgehead atoms. The van der Waals surface area contributed by atoms with Crippen LogP contribution < -0.4 is 10.2 Å². The van der Waals surface area contributed by atoms with Crippen molar-refractivity contribution >= 4 is 40.4 Å². The van der Waals surface area contributed by atoms with Gasteiger partial charge in [0.25, 0.3) is 0 Å². The molecule has 1 saturated heterocycles. The first-order valence-electron chi connectivity index (χ1n) is 9.68. The highest BCUT2D eigenvalue weighted by Crippen LogP contribution is 2.43. The third-order valence-corrected chi connectivity index (χ3v) is 6.58. The normalized spacial score (nSPS) is 20.3. The SMILES string of the molecule is Cc1cccc(CN=C2N(C)c3cc(Cl)c(Cl)cc3NC23CCN(C)CC3)c1. The van der Waals surface area contributed by atoms with Gasteiger partial charge >= 0.3 is 0 Å². The number of anilines is 2. The average Bonchev–Trinajstić information content (AvgIpc) is 2.66. The first-order valence-corrected chi connectivity index (χ1v) is 10.4. The Kier molecular flexibility index (Phi) is 5.30. The number of nitrogens with one attached hydrogen (secondary N) is 1. The molecule has 2 heterocycles. The van der Waals surface area contributed by atoms with Crippen molar-refractivity contribution in [3.05, 3.63) is 57.6 Å². The number of hydrogen-bond acceptors (Lipinski definition) is 3. The van der Waals surface area contributed by atoms with E-state index in [1.165, 1.54) is 11.1 Å². The smallest absolute Gasteiger partial charge is 0.130 e.